The molecule has 1 aromatic rings. The maximum Gasteiger partial charge on any atom is 0.407 e. The van der Waals surface area contributed by atoms with Crippen molar-refractivity contribution in [2.24, 2.45) is 5.41 Å². The standard InChI is InChI=1S/C16H21NO5/c1-10(12-13(22-12)16(2,3)14(18)19)17-15(20)21-9-11-7-5-4-6-8-11/h4-8,10,12-13H,9H2,1-3H3,(H,17,20)(H,18,19)/t10-,12+,13-/m0/s1. The topological polar surface area (TPSA) is 88.2 Å². The molecule has 0 aliphatic carbocycles. The van der Waals surface area contributed by atoms with Crippen molar-refractivity contribution in [3.8, 4) is 0 Å². The molecule has 2 rings (SSSR count). The van der Waals surface area contributed by atoms with Crippen LogP contribution in [0.5, 0.6) is 0 Å². The van der Waals surface area contributed by atoms with E-state index in [-0.39, 0.29) is 18.8 Å². The van der Waals surface area contributed by atoms with Gasteiger partial charge < -0.3 is 19.9 Å². The summed E-state index contributed by atoms with van der Waals surface area (Å²) < 4.78 is 10.5. The van der Waals surface area contributed by atoms with Gasteiger partial charge >= 0.3 is 12.1 Å². The SMILES string of the molecule is C[C@H](NC(=O)OCc1ccccc1)[C@H]1O[C@@H]1C(C)(C)C(=O)O. The van der Waals surface area contributed by atoms with Crippen molar-refractivity contribution in [3.05, 3.63) is 35.9 Å². The predicted molar refractivity (Wildman–Crippen MR) is 79.3 cm³/mol. The molecule has 1 heterocycles. The van der Waals surface area contributed by atoms with Gasteiger partial charge in [0.05, 0.1) is 11.5 Å². The molecule has 6 nitrogen and oxygen atoms in total. The molecule has 1 saturated heterocycles. The third kappa shape index (κ3) is 3.76. The van der Waals surface area contributed by atoms with Gasteiger partial charge in [0.25, 0.3) is 0 Å². The maximum atomic E-state index is 11.7. The van der Waals surface area contributed by atoms with Crippen molar-refractivity contribution < 1.29 is 24.2 Å². The van der Waals surface area contributed by atoms with Crippen LogP contribution in [0.15, 0.2) is 30.3 Å². The summed E-state index contributed by atoms with van der Waals surface area (Å²) in [4.78, 5) is 22.9. The number of carbonyl (C=O) groups is 2. The zero-order chi connectivity index (χ0) is 16.3. The minimum atomic E-state index is -0.978. The minimum Gasteiger partial charge on any atom is -0.481 e. The van der Waals surface area contributed by atoms with Crippen LogP contribution >= 0.6 is 0 Å². The van der Waals surface area contributed by atoms with Gasteiger partial charge in [0, 0.05) is 0 Å². The summed E-state index contributed by atoms with van der Waals surface area (Å²) in [6, 6.07) is 9.05. The predicted octanol–water partition coefficient (Wildman–Crippen LogP) is 2.18. The van der Waals surface area contributed by atoms with Crippen LogP contribution in [0.3, 0.4) is 0 Å². The summed E-state index contributed by atoms with van der Waals surface area (Å²) in [7, 11) is 0. The molecule has 1 fully saturated rings. The van der Waals surface area contributed by atoms with Crippen molar-refractivity contribution in [1.82, 2.24) is 5.32 Å². The molecule has 0 saturated carbocycles. The fraction of sp³-hybridized carbons (Fsp3) is 0.500. The molecule has 1 amide bonds. The number of rotatable bonds is 6. The molecule has 0 radical (unpaired) electrons. The number of epoxide rings is 1. The molecule has 120 valence electrons. The van der Waals surface area contributed by atoms with Crippen molar-refractivity contribution in [2.45, 2.75) is 45.6 Å². The Hall–Kier alpha value is -2.08. The van der Waals surface area contributed by atoms with Crippen LogP contribution in [0, 0.1) is 5.41 Å². The molecule has 1 aliphatic heterocycles. The van der Waals surface area contributed by atoms with Crippen molar-refractivity contribution in [2.75, 3.05) is 0 Å². The van der Waals surface area contributed by atoms with Gasteiger partial charge in [0.1, 0.15) is 18.8 Å². The summed E-state index contributed by atoms with van der Waals surface area (Å²) in [6.45, 7) is 5.18. The average Bonchev–Trinajstić information content (AvgIpc) is 3.27. The highest BCUT2D eigenvalue weighted by molar-refractivity contribution is 5.75. The van der Waals surface area contributed by atoms with Crippen molar-refractivity contribution in [1.29, 1.82) is 0 Å². The first-order valence-corrected chi connectivity index (χ1v) is 7.18. The van der Waals surface area contributed by atoms with Crippen molar-refractivity contribution in [3.63, 3.8) is 0 Å². The van der Waals surface area contributed by atoms with E-state index >= 15 is 0 Å². The number of hydrogen-bond acceptors (Lipinski definition) is 4. The normalized spacial score (nSPS) is 21.8. The molecular weight excluding hydrogens is 286 g/mol. The van der Waals surface area contributed by atoms with Gasteiger partial charge in [-0.05, 0) is 26.3 Å². The number of alkyl carbamates (subject to hydrolysis) is 1. The number of ether oxygens (including phenoxy) is 2. The van der Waals surface area contributed by atoms with E-state index in [1.54, 1.807) is 20.8 Å². The van der Waals surface area contributed by atoms with E-state index in [4.69, 9.17) is 14.6 Å². The number of carbonyl (C=O) groups excluding carboxylic acids is 1. The first-order chi connectivity index (χ1) is 10.3. The molecule has 1 aliphatic rings. The number of nitrogens with one attached hydrogen (secondary N) is 1. The molecule has 2 N–H and O–H groups in total. The summed E-state index contributed by atoms with van der Waals surface area (Å²) in [5.41, 5.74) is -0.0768. The monoisotopic (exact) mass is 307 g/mol. The molecule has 0 unspecified atom stereocenters. The van der Waals surface area contributed by atoms with Gasteiger partial charge in [-0.2, -0.15) is 0 Å². The van der Waals surface area contributed by atoms with Crippen LogP contribution in [0.4, 0.5) is 4.79 Å². The lowest BCUT2D eigenvalue weighted by atomic mass is 9.86. The second-order valence-electron chi connectivity index (χ2n) is 6.04. The van der Waals surface area contributed by atoms with Crippen molar-refractivity contribution >= 4 is 12.1 Å². The second kappa shape index (κ2) is 6.36. The third-order valence-corrected chi connectivity index (χ3v) is 3.84. The highest BCUT2D eigenvalue weighted by atomic mass is 16.6. The smallest absolute Gasteiger partial charge is 0.407 e. The Morgan fingerprint density at radius 1 is 1.36 bits per heavy atom. The number of aliphatic carboxylic acids is 1. The van der Waals surface area contributed by atoms with Crippen LogP contribution in [-0.4, -0.2) is 35.4 Å². The quantitative estimate of drug-likeness (QED) is 0.786. The van der Waals surface area contributed by atoms with Crippen LogP contribution in [0.1, 0.15) is 26.3 Å². The lowest BCUT2D eigenvalue weighted by Crippen LogP contribution is -2.40. The van der Waals surface area contributed by atoms with Gasteiger partial charge in [-0.3, -0.25) is 4.79 Å². The molecule has 1 aromatic carbocycles. The molecule has 22 heavy (non-hydrogen) atoms. The fourth-order valence-electron chi connectivity index (χ4n) is 2.24. The van der Waals surface area contributed by atoms with E-state index in [0.717, 1.165) is 5.56 Å². The van der Waals surface area contributed by atoms with E-state index in [1.807, 2.05) is 30.3 Å². The largest absolute Gasteiger partial charge is 0.481 e. The van der Waals surface area contributed by atoms with E-state index in [0.29, 0.717) is 0 Å². The summed E-state index contributed by atoms with van der Waals surface area (Å²) in [5.74, 6) is -0.918. The third-order valence-electron chi connectivity index (χ3n) is 3.84. The Kier molecular flexibility index (Phi) is 4.71. The molecular formula is C16H21NO5. The van der Waals surface area contributed by atoms with Gasteiger partial charge in [0.2, 0.25) is 0 Å². The number of carboxylic acids is 1. The fourth-order valence-corrected chi connectivity index (χ4v) is 2.24. The lowest BCUT2D eigenvalue weighted by Gasteiger charge is -2.17. The van der Waals surface area contributed by atoms with E-state index in [1.165, 1.54) is 0 Å². The number of amides is 1. The summed E-state index contributed by atoms with van der Waals surface area (Å²) >= 11 is 0. The first-order valence-electron chi connectivity index (χ1n) is 7.18. The van der Waals surface area contributed by atoms with Crippen LogP contribution in [-0.2, 0) is 20.9 Å². The summed E-state index contributed by atoms with van der Waals surface area (Å²) in [5, 5.41) is 11.8. The Morgan fingerprint density at radius 3 is 2.59 bits per heavy atom. The Labute approximate surface area is 129 Å². The molecule has 0 aromatic heterocycles. The Bertz CT molecular complexity index is 543. The average molecular weight is 307 g/mol. The number of hydrogen-bond donors (Lipinski definition) is 2. The number of carboxylic acid groups (broad SMARTS) is 1. The van der Waals surface area contributed by atoms with Crippen LogP contribution in [0.25, 0.3) is 0 Å². The van der Waals surface area contributed by atoms with Gasteiger partial charge in [-0.1, -0.05) is 30.3 Å². The highest BCUT2D eigenvalue weighted by Gasteiger charge is 2.56. The van der Waals surface area contributed by atoms with E-state index in [9.17, 15) is 9.59 Å². The second-order valence-corrected chi connectivity index (χ2v) is 6.04. The van der Waals surface area contributed by atoms with Crippen LogP contribution in [0.2, 0.25) is 0 Å². The highest BCUT2D eigenvalue weighted by Crippen LogP contribution is 2.40. The molecule has 3 atom stereocenters. The van der Waals surface area contributed by atoms with Gasteiger partial charge in [-0.15, -0.1) is 0 Å². The molecule has 0 spiro atoms. The Morgan fingerprint density at radius 2 is 2.00 bits per heavy atom. The van der Waals surface area contributed by atoms with Gasteiger partial charge in [0.15, 0.2) is 0 Å². The van der Waals surface area contributed by atoms with E-state index < -0.39 is 23.6 Å². The van der Waals surface area contributed by atoms with Gasteiger partial charge in [-0.25, -0.2) is 4.79 Å². The zero-order valence-electron chi connectivity index (χ0n) is 12.9. The summed E-state index contributed by atoms with van der Waals surface area (Å²) in [6.07, 6.45) is -1.26. The Balaban J connectivity index is 1.77. The molecule has 0 bridgehead atoms. The van der Waals surface area contributed by atoms with Crippen LogP contribution < -0.4 is 5.32 Å². The zero-order valence-corrected chi connectivity index (χ0v) is 12.9. The minimum absolute atomic E-state index is 0.189. The first kappa shape index (κ1) is 16.3. The lowest BCUT2D eigenvalue weighted by molar-refractivity contribution is -0.147. The molecule has 6 heteroatoms. The maximum absolute atomic E-state index is 11.7. The number of benzene rings is 1. The van der Waals surface area contributed by atoms with E-state index in [2.05, 4.69) is 5.32 Å².